The summed E-state index contributed by atoms with van der Waals surface area (Å²) in [6.45, 7) is 0.954. The van der Waals surface area contributed by atoms with Crippen molar-refractivity contribution < 1.29 is 4.79 Å². The minimum atomic E-state index is -0.311. The molecule has 3 heterocycles. The zero-order valence-corrected chi connectivity index (χ0v) is 17.6. The van der Waals surface area contributed by atoms with E-state index in [4.69, 9.17) is 0 Å². The van der Waals surface area contributed by atoms with Crippen LogP contribution in [-0.4, -0.2) is 35.4 Å². The summed E-state index contributed by atoms with van der Waals surface area (Å²) in [4.78, 5) is 17.5. The SMILES string of the molecule is O=C(Nc1ccc(-c2nnc3n2CCCC3)cc1)c1nc(C2CC2)n(-c2ccccc2)n1. The van der Waals surface area contributed by atoms with E-state index in [1.54, 1.807) is 4.68 Å². The molecule has 1 aliphatic heterocycles. The summed E-state index contributed by atoms with van der Waals surface area (Å²) in [6.07, 6.45) is 5.46. The zero-order chi connectivity index (χ0) is 21.5. The molecule has 1 N–H and O–H groups in total. The summed E-state index contributed by atoms with van der Waals surface area (Å²) in [6, 6.07) is 17.5. The molecule has 0 radical (unpaired) electrons. The van der Waals surface area contributed by atoms with Crippen molar-refractivity contribution in [2.45, 2.75) is 44.6 Å². The number of nitrogens with one attached hydrogen (secondary N) is 1. The molecule has 0 atom stereocenters. The van der Waals surface area contributed by atoms with E-state index in [9.17, 15) is 4.79 Å². The number of rotatable bonds is 5. The largest absolute Gasteiger partial charge is 0.319 e. The molecule has 0 unspecified atom stereocenters. The van der Waals surface area contributed by atoms with E-state index >= 15 is 0 Å². The Morgan fingerprint density at radius 1 is 0.969 bits per heavy atom. The first-order chi connectivity index (χ1) is 15.8. The van der Waals surface area contributed by atoms with Gasteiger partial charge in [0, 0.05) is 30.1 Å². The average molecular weight is 425 g/mol. The minimum absolute atomic E-state index is 0.186. The highest BCUT2D eigenvalue weighted by Crippen LogP contribution is 2.39. The lowest BCUT2D eigenvalue weighted by Crippen LogP contribution is -2.14. The lowest BCUT2D eigenvalue weighted by atomic mass is 10.1. The van der Waals surface area contributed by atoms with E-state index in [0.29, 0.717) is 11.6 Å². The van der Waals surface area contributed by atoms with Crippen LogP contribution in [0.5, 0.6) is 0 Å². The Kier molecular flexibility index (Phi) is 4.56. The molecule has 0 bridgehead atoms. The molecule has 1 fully saturated rings. The van der Waals surface area contributed by atoms with Gasteiger partial charge in [-0.05, 0) is 62.1 Å². The van der Waals surface area contributed by atoms with Crippen LogP contribution in [0.15, 0.2) is 54.6 Å². The number of nitrogens with zero attached hydrogens (tertiary/aromatic N) is 6. The smallest absolute Gasteiger partial charge is 0.295 e. The van der Waals surface area contributed by atoms with Crippen molar-refractivity contribution in [2.75, 3.05) is 5.32 Å². The van der Waals surface area contributed by atoms with Gasteiger partial charge < -0.3 is 9.88 Å². The number of carbonyl (C=O) groups is 1. The van der Waals surface area contributed by atoms with Gasteiger partial charge in [-0.2, -0.15) is 0 Å². The van der Waals surface area contributed by atoms with Crippen LogP contribution in [0.3, 0.4) is 0 Å². The molecule has 32 heavy (non-hydrogen) atoms. The van der Waals surface area contributed by atoms with Crippen molar-refractivity contribution in [3.05, 3.63) is 72.1 Å². The van der Waals surface area contributed by atoms with Gasteiger partial charge in [-0.25, -0.2) is 9.67 Å². The standard InChI is InChI=1S/C24H23N7O/c32-24(21-26-22(16-9-10-16)31(29-21)19-6-2-1-3-7-19)25-18-13-11-17(12-14-18)23-28-27-20-8-4-5-15-30(20)23/h1-3,6-7,11-14,16H,4-5,8-10,15H2,(H,25,32). The molecular formula is C24H23N7O. The molecule has 2 aromatic carbocycles. The molecule has 6 rings (SSSR count). The Morgan fingerprint density at radius 2 is 1.78 bits per heavy atom. The first kappa shape index (κ1) is 18.9. The van der Waals surface area contributed by atoms with Gasteiger partial charge in [0.25, 0.3) is 5.91 Å². The maximum absolute atomic E-state index is 12.9. The normalized spacial score (nSPS) is 15.4. The number of amides is 1. The number of hydrogen-bond donors (Lipinski definition) is 1. The van der Waals surface area contributed by atoms with Gasteiger partial charge >= 0.3 is 0 Å². The van der Waals surface area contributed by atoms with Crippen molar-refractivity contribution >= 4 is 11.6 Å². The molecule has 0 saturated heterocycles. The average Bonchev–Trinajstić information content (AvgIpc) is 3.43. The van der Waals surface area contributed by atoms with Crippen molar-refractivity contribution in [2.24, 2.45) is 0 Å². The van der Waals surface area contributed by atoms with E-state index in [1.165, 1.54) is 6.42 Å². The molecule has 1 saturated carbocycles. The fourth-order valence-corrected chi connectivity index (χ4v) is 4.20. The molecule has 2 aliphatic rings. The lowest BCUT2D eigenvalue weighted by molar-refractivity contribution is 0.101. The maximum Gasteiger partial charge on any atom is 0.295 e. The van der Waals surface area contributed by atoms with E-state index in [-0.39, 0.29) is 11.7 Å². The third-order valence-corrected chi connectivity index (χ3v) is 6.04. The number of benzene rings is 2. The van der Waals surface area contributed by atoms with Gasteiger partial charge in [0.2, 0.25) is 5.82 Å². The third kappa shape index (κ3) is 3.47. The van der Waals surface area contributed by atoms with Gasteiger partial charge in [-0.3, -0.25) is 4.79 Å². The number of aromatic nitrogens is 6. The van der Waals surface area contributed by atoms with Crippen molar-refractivity contribution in [3.63, 3.8) is 0 Å². The topological polar surface area (TPSA) is 90.5 Å². The molecule has 2 aromatic heterocycles. The van der Waals surface area contributed by atoms with Crippen LogP contribution < -0.4 is 5.32 Å². The monoisotopic (exact) mass is 425 g/mol. The molecular weight excluding hydrogens is 402 g/mol. The summed E-state index contributed by atoms with van der Waals surface area (Å²) < 4.78 is 3.99. The van der Waals surface area contributed by atoms with Crippen LogP contribution in [0.25, 0.3) is 17.1 Å². The molecule has 1 aliphatic carbocycles. The van der Waals surface area contributed by atoms with E-state index < -0.39 is 0 Å². The number of aryl methyl sites for hydroxylation is 1. The molecule has 0 spiro atoms. The van der Waals surface area contributed by atoms with Crippen molar-refractivity contribution in [1.29, 1.82) is 0 Å². The first-order valence-corrected chi connectivity index (χ1v) is 11.1. The van der Waals surface area contributed by atoms with Crippen molar-refractivity contribution in [1.82, 2.24) is 29.5 Å². The number of anilines is 1. The Bertz CT molecular complexity index is 1270. The fraction of sp³-hybridized carbons (Fsp3) is 0.292. The van der Waals surface area contributed by atoms with Crippen LogP contribution in [0.4, 0.5) is 5.69 Å². The third-order valence-electron chi connectivity index (χ3n) is 6.04. The van der Waals surface area contributed by atoms with Gasteiger partial charge in [0.05, 0.1) is 5.69 Å². The highest BCUT2D eigenvalue weighted by atomic mass is 16.2. The molecule has 8 heteroatoms. The molecule has 160 valence electrons. The molecule has 4 aromatic rings. The number of hydrogen-bond acceptors (Lipinski definition) is 5. The Morgan fingerprint density at radius 3 is 2.56 bits per heavy atom. The predicted octanol–water partition coefficient (Wildman–Crippen LogP) is 3.99. The summed E-state index contributed by atoms with van der Waals surface area (Å²) >= 11 is 0. The molecule has 8 nitrogen and oxygen atoms in total. The van der Waals surface area contributed by atoms with Crippen LogP contribution in [0.2, 0.25) is 0 Å². The van der Waals surface area contributed by atoms with E-state index in [1.807, 2.05) is 54.6 Å². The number of para-hydroxylation sites is 1. The second-order valence-corrected chi connectivity index (χ2v) is 8.40. The second kappa shape index (κ2) is 7.71. The highest BCUT2D eigenvalue weighted by molar-refractivity contribution is 6.01. The highest BCUT2D eigenvalue weighted by Gasteiger charge is 2.31. The Balaban J connectivity index is 1.22. The Hall–Kier alpha value is -3.81. The summed E-state index contributed by atoms with van der Waals surface area (Å²) in [5, 5.41) is 16.1. The Labute approximate surface area is 185 Å². The van der Waals surface area contributed by atoms with Crippen LogP contribution in [0, 0.1) is 0 Å². The number of carbonyl (C=O) groups excluding carboxylic acids is 1. The van der Waals surface area contributed by atoms with Gasteiger partial charge in [0.15, 0.2) is 5.82 Å². The summed E-state index contributed by atoms with van der Waals surface area (Å²) in [5.74, 6) is 3.04. The maximum atomic E-state index is 12.9. The van der Waals surface area contributed by atoms with Gasteiger partial charge in [0.1, 0.15) is 11.6 Å². The predicted molar refractivity (Wildman–Crippen MR) is 120 cm³/mol. The zero-order valence-electron chi connectivity index (χ0n) is 17.6. The fourth-order valence-electron chi connectivity index (χ4n) is 4.20. The first-order valence-electron chi connectivity index (χ1n) is 11.1. The quantitative estimate of drug-likeness (QED) is 0.522. The summed E-state index contributed by atoms with van der Waals surface area (Å²) in [5.41, 5.74) is 2.61. The van der Waals surface area contributed by atoms with E-state index in [2.05, 4.69) is 30.2 Å². The van der Waals surface area contributed by atoms with Crippen LogP contribution in [-0.2, 0) is 13.0 Å². The lowest BCUT2D eigenvalue weighted by Gasteiger charge is -2.14. The van der Waals surface area contributed by atoms with Crippen LogP contribution in [0.1, 0.15) is 53.9 Å². The van der Waals surface area contributed by atoms with Crippen LogP contribution >= 0.6 is 0 Å². The van der Waals surface area contributed by atoms with E-state index in [0.717, 1.165) is 61.0 Å². The molecule has 1 amide bonds. The number of fused-ring (bicyclic) bond motifs is 1. The minimum Gasteiger partial charge on any atom is -0.319 e. The van der Waals surface area contributed by atoms with Crippen molar-refractivity contribution in [3.8, 4) is 17.1 Å². The van der Waals surface area contributed by atoms with Gasteiger partial charge in [-0.15, -0.1) is 15.3 Å². The summed E-state index contributed by atoms with van der Waals surface area (Å²) in [7, 11) is 0. The van der Waals surface area contributed by atoms with Gasteiger partial charge in [-0.1, -0.05) is 18.2 Å². The second-order valence-electron chi connectivity index (χ2n) is 8.40.